The Morgan fingerprint density at radius 2 is 2.08 bits per heavy atom. The van der Waals surface area contributed by atoms with E-state index in [4.69, 9.17) is 20.4 Å². The van der Waals surface area contributed by atoms with Gasteiger partial charge >= 0.3 is 5.97 Å². The van der Waals surface area contributed by atoms with Crippen LogP contribution in [0.4, 0.5) is 0 Å². The zero-order chi connectivity index (χ0) is 9.30. The Kier molecular flexibility index (Phi) is 2.63. The highest BCUT2D eigenvalue weighted by atomic mass is 16.5. The van der Waals surface area contributed by atoms with E-state index in [2.05, 4.69) is 4.74 Å². The van der Waals surface area contributed by atoms with Crippen molar-refractivity contribution in [3.8, 4) is 0 Å². The van der Waals surface area contributed by atoms with Crippen molar-refractivity contribution in [3.05, 3.63) is 0 Å². The lowest BCUT2D eigenvalue weighted by Crippen LogP contribution is -2.42. The first-order valence-electron chi connectivity index (χ1n) is 3.42. The van der Waals surface area contributed by atoms with Crippen LogP contribution in [0, 0.1) is 0 Å². The number of carbonyl (C=O) groups is 1. The second-order valence-corrected chi connectivity index (χ2v) is 2.64. The van der Waals surface area contributed by atoms with Crippen molar-refractivity contribution in [1.29, 1.82) is 0 Å². The van der Waals surface area contributed by atoms with Crippen LogP contribution in [0.25, 0.3) is 0 Å². The molecule has 1 rings (SSSR count). The molecule has 0 unspecified atom stereocenters. The molecular weight excluding hydrogens is 168 g/mol. The third-order valence-corrected chi connectivity index (χ3v) is 1.75. The third-order valence-electron chi connectivity index (χ3n) is 1.75. The number of ether oxygens (including phenoxy) is 1. The molecule has 1 fully saturated rings. The van der Waals surface area contributed by atoms with Crippen molar-refractivity contribution in [3.63, 3.8) is 0 Å². The van der Waals surface area contributed by atoms with Crippen molar-refractivity contribution in [2.45, 2.75) is 24.4 Å². The lowest BCUT2D eigenvalue weighted by molar-refractivity contribution is -0.156. The van der Waals surface area contributed by atoms with Crippen molar-refractivity contribution in [2.24, 2.45) is 0 Å². The first kappa shape index (κ1) is 9.40. The van der Waals surface area contributed by atoms with Gasteiger partial charge in [-0.15, -0.1) is 0 Å². The molecule has 4 N–H and O–H groups in total. The maximum atomic E-state index is 10.2. The second-order valence-electron chi connectivity index (χ2n) is 2.64. The van der Waals surface area contributed by atoms with E-state index in [1.54, 1.807) is 0 Å². The van der Waals surface area contributed by atoms with E-state index in [1.165, 1.54) is 0 Å². The molecule has 1 saturated heterocycles. The summed E-state index contributed by atoms with van der Waals surface area (Å²) in [6.07, 6.45) is -5.49. The Balaban J connectivity index is 2.59. The third kappa shape index (κ3) is 1.56. The van der Waals surface area contributed by atoms with Gasteiger partial charge in [0, 0.05) is 0 Å². The number of aliphatic hydroxyl groups excluding tert-OH is 3. The van der Waals surface area contributed by atoms with Crippen molar-refractivity contribution in [2.75, 3.05) is 6.61 Å². The molecule has 0 saturated carbocycles. The minimum absolute atomic E-state index is 0.157. The maximum Gasteiger partial charge on any atom is 0.335 e. The van der Waals surface area contributed by atoms with E-state index < -0.39 is 30.4 Å². The predicted molar refractivity (Wildman–Crippen MR) is 35.4 cm³/mol. The quantitative estimate of drug-likeness (QED) is 0.374. The van der Waals surface area contributed by atoms with Gasteiger partial charge < -0.3 is 25.2 Å². The van der Waals surface area contributed by atoms with Crippen molar-refractivity contribution in [1.82, 2.24) is 0 Å². The summed E-state index contributed by atoms with van der Waals surface area (Å²) >= 11 is 0. The Labute approximate surface area is 68.0 Å². The highest BCUT2D eigenvalue weighted by molar-refractivity contribution is 5.72. The average molecular weight is 178 g/mol. The zero-order valence-corrected chi connectivity index (χ0v) is 6.12. The van der Waals surface area contributed by atoms with Crippen LogP contribution in [0.2, 0.25) is 0 Å². The number of hydrogen-bond acceptors (Lipinski definition) is 5. The SMILES string of the molecule is O=C(O)[C@@H](O)[C@@H]1OC[C@H](O)[C@H]1O. The molecule has 0 aromatic carbocycles. The molecule has 1 aliphatic heterocycles. The van der Waals surface area contributed by atoms with Crippen LogP contribution in [-0.4, -0.2) is 57.4 Å². The summed E-state index contributed by atoms with van der Waals surface area (Å²) in [4.78, 5) is 10.2. The van der Waals surface area contributed by atoms with Crippen LogP contribution in [0.3, 0.4) is 0 Å². The first-order chi connectivity index (χ1) is 5.54. The molecule has 6 heteroatoms. The lowest BCUT2D eigenvalue weighted by Gasteiger charge is -2.17. The van der Waals surface area contributed by atoms with Crippen LogP contribution in [0.1, 0.15) is 0 Å². The molecule has 4 atom stereocenters. The summed E-state index contributed by atoms with van der Waals surface area (Å²) in [6, 6.07) is 0. The minimum atomic E-state index is -1.79. The number of rotatable bonds is 2. The standard InChI is InChI=1S/C6H10O6/c7-2-1-12-5(3(2)8)4(9)6(10)11/h2-5,7-9H,1H2,(H,10,11)/t2-,3+,4-,5+/m0/s1. The summed E-state index contributed by atoms with van der Waals surface area (Å²) in [5.41, 5.74) is 0. The van der Waals surface area contributed by atoms with Crippen molar-refractivity contribution >= 4 is 5.97 Å². The largest absolute Gasteiger partial charge is 0.479 e. The Morgan fingerprint density at radius 3 is 2.42 bits per heavy atom. The van der Waals surface area contributed by atoms with Gasteiger partial charge in [-0.1, -0.05) is 0 Å². The van der Waals surface area contributed by atoms with Gasteiger partial charge in [0.15, 0.2) is 6.10 Å². The van der Waals surface area contributed by atoms with E-state index in [1.807, 2.05) is 0 Å². The minimum Gasteiger partial charge on any atom is -0.479 e. The summed E-state index contributed by atoms with van der Waals surface area (Å²) < 4.78 is 4.67. The molecule has 1 aliphatic rings. The van der Waals surface area contributed by atoms with E-state index >= 15 is 0 Å². The van der Waals surface area contributed by atoms with E-state index in [0.717, 1.165) is 0 Å². The Bertz CT molecular complexity index is 181. The smallest absolute Gasteiger partial charge is 0.335 e. The van der Waals surface area contributed by atoms with Crippen LogP contribution in [0.15, 0.2) is 0 Å². The normalized spacial score (nSPS) is 38.1. The van der Waals surface area contributed by atoms with Gasteiger partial charge in [0.2, 0.25) is 0 Å². The van der Waals surface area contributed by atoms with Gasteiger partial charge in [-0.25, -0.2) is 4.79 Å². The number of aliphatic hydroxyl groups is 3. The van der Waals surface area contributed by atoms with Crippen LogP contribution in [0.5, 0.6) is 0 Å². The fourth-order valence-electron chi connectivity index (χ4n) is 1.04. The molecule has 0 amide bonds. The maximum absolute atomic E-state index is 10.2. The number of carboxylic acid groups (broad SMARTS) is 1. The number of hydrogen-bond donors (Lipinski definition) is 4. The summed E-state index contributed by atoms with van der Waals surface area (Å²) in [6.45, 7) is -0.157. The number of carboxylic acids is 1. The molecule has 0 spiro atoms. The van der Waals surface area contributed by atoms with E-state index in [9.17, 15) is 4.79 Å². The molecule has 0 aromatic rings. The van der Waals surface area contributed by atoms with Gasteiger partial charge in [-0.3, -0.25) is 0 Å². The molecule has 0 aliphatic carbocycles. The summed E-state index contributed by atoms with van der Waals surface area (Å²) in [5, 5.41) is 35.2. The van der Waals surface area contributed by atoms with Crippen LogP contribution in [-0.2, 0) is 9.53 Å². The molecule has 1 heterocycles. The Hall–Kier alpha value is -0.690. The highest BCUT2D eigenvalue weighted by Gasteiger charge is 2.42. The van der Waals surface area contributed by atoms with Gasteiger partial charge in [0.1, 0.15) is 18.3 Å². The number of aliphatic carboxylic acids is 1. The van der Waals surface area contributed by atoms with Gasteiger partial charge in [0.05, 0.1) is 6.61 Å². The second kappa shape index (κ2) is 3.36. The molecule has 6 nitrogen and oxygen atoms in total. The van der Waals surface area contributed by atoms with Gasteiger partial charge in [-0.2, -0.15) is 0 Å². The molecule has 0 bridgehead atoms. The molecule has 70 valence electrons. The topological polar surface area (TPSA) is 107 Å². The summed E-state index contributed by atoms with van der Waals surface area (Å²) in [7, 11) is 0. The highest BCUT2D eigenvalue weighted by Crippen LogP contribution is 2.17. The van der Waals surface area contributed by atoms with E-state index in [0.29, 0.717) is 0 Å². The molecule has 12 heavy (non-hydrogen) atoms. The molecular formula is C6H10O6. The zero-order valence-electron chi connectivity index (χ0n) is 6.12. The Morgan fingerprint density at radius 1 is 1.50 bits per heavy atom. The van der Waals surface area contributed by atoms with Crippen LogP contribution < -0.4 is 0 Å². The van der Waals surface area contributed by atoms with Gasteiger partial charge in [-0.05, 0) is 0 Å². The van der Waals surface area contributed by atoms with E-state index in [-0.39, 0.29) is 6.61 Å². The van der Waals surface area contributed by atoms with Crippen molar-refractivity contribution < 1.29 is 30.0 Å². The first-order valence-corrected chi connectivity index (χ1v) is 3.42. The fourth-order valence-corrected chi connectivity index (χ4v) is 1.04. The summed E-state index contributed by atoms with van der Waals surface area (Å²) in [5.74, 6) is -1.48. The fraction of sp³-hybridized carbons (Fsp3) is 0.833. The van der Waals surface area contributed by atoms with Crippen LogP contribution >= 0.6 is 0 Å². The molecule has 0 radical (unpaired) electrons. The lowest BCUT2D eigenvalue weighted by atomic mass is 10.1. The average Bonchev–Trinajstić information content (AvgIpc) is 2.32. The van der Waals surface area contributed by atoms with Gasteiger partial charge in [0.25, 0.3) is 0 Å². The predicted octanol–water partition coefficient (Wildman–Crippen LogP) is -2.45. The monoisotopic (exact) mass is 178 g/mol. The molecule has 0 aromatic heterocycles.